The predicted octanol–water partition coefficient (Wildman–Crippen LogP) is 3.54. The first kappa shape index (κ1) is 11.3. The molecule has 0 atom stereocenters. The Balaban J connectivity index is 4.30. The fourth-order valence-electron chi connectivity index (χ4n) is 1.48. The molecule has 0 aromatic heterocycles. The van der Waals surface area contributed by atoms with E-state index < -0.39 is 0 Å². The minimum absolute atomic E-state index is 0.474. The van der Waals surface area contributed by atoms with Gasteiger partial charge in [-0.2, -0.15) is 0 Å². The standard InChI is InChI=1S/C11H21N/c1-7-8-11(6)12(9(2)3)10(4)5/h10H,2,6-8H2,1,3-5H3. The Labute approximate surface area is 76.8 Å². The Morgan fingerprint density at radius 3 is 2.08 bits per heavy atom. The zero-order chi connectivity index (χ0) is 9.72. The van der Waals surface area contributed by atoms with Crippen molar-refractivity contribution in [2.24, 2.45) is 0 Å². The monoisotopic (exact) mass is 167 g/mol. The lowest BCUT2D eigenvalue weighted by Crippen LogP contribution is -2.27. The third-order valence-corrected chi connectivity index (χ3v) is 1.81. The summed E-state index contributed by atoms with van der Waals surface area (Å²) in [5.74, 6) is 0. The molecule has 0 saturated carbocycles. The molecule has 0 spiro atoms. The molecule has 1 heteroatoms. The summed E-state index contributed by atoms with van der Waals surface area (Å²) in [5.41, 5.74) is 2.27. The van der Waals surface area contributed by atoms with Gasteiger partial charge in [-0.25, -0.2) is 0 Å². The van der Waals surface area contributed by atoms with Gasteiger partial charge in [0, 0.05) is 17.4 Å². The molecule has 12 heavy (non-hydrogen) atoms. The van der Waals surface area contributed by atoms with Gasteiger partial charge in [0.05, 0.1) is 0 Å². The maximum absolute atomic E-state index is 4.05. The second-order valence-electron chi connectivity index (χ2n) is 3.52. The molecule has 0 aromatic rings. The molecule has 70 valence electrons. The maximum atomic E-state index is 4.05. The maximum Gasteiger partial charge on any atom is 0.0278 e. The van der Waals surface area contributed by atoms with Crippen LogP contribution in [-0.4, -0.2) is 10.9 Å². The summed E-state index contributed by atoms with van der Waals surface area (Å²) in [4.78, 5) is 2.20. The first-order valence-corrected chi connectivity index (χ1v) is 4.63. The van der Waals surface area contributed by atoms with E-state index in [2.05, 4.69) is 38.8 Å². The average molecular weight is 167 g/mol. The zero-order valence-electron chi connectivity index (χ0n) is 8.85. The molecule has 0 unspecified atom stereocenters. The van der Waals surface area contributed by atoms with Gasteiger partial charge in [0.25, 0.3) is 0 Å². The van der Waals surface area contributed by atoms with Crippen LogP contribution in [0.3, 0.4) is 0 Å². The van der Waals surface area contributed by atoms with Crippen LogP contribution in [0, 0.1) is 0 Å². The van der Waals surface area contributed by atoms with Gasteiger partial charge < -0.3 is 4.90 Å². The topological polar surface area (TPSA) is 3.24 Å². The van der Waals surface area contributed by atoms with Crippen LogP contribution in [0.5, 0.6) is 0 Å². The van der Waals surface area contributed by atoms with E-state index in [0.29, 0.717) is 6.04 Å². The van der Waals surface area contributed by atoms with Crippen molar-refractivity contribution in [1.82, 2.24) is 4.90 Å². The highest BCUT2D eigenvalue weighted by atomic mass is 15.2. The first-order chi connectivity index (χ1) is 5.50. The van der Waals surface area contributed by atoms with Crippen LogP contribution in [0.2, 0.25) is 0 Å². The molecule has 0 saturated heterocycles. The Morgan fingerprint density at radius 2 is 1.83 bits per heavy atom. The van der Waals surface area contributed by atoms with Gasteiger partial charge in [-0.05, 0) is 27.2 Å². The van der Waals surface area contributed by atoms with Gasteiger partial charge in [-0.15, -0.1) is 0 Å². The highest BCUT2D eigenvalue weighted by Gasteiger charge is 2.10. The van der Waals surface area contributed by atoms with Crippen LogP contribution in [0.25, 0.3) is 0 Å². The molecule has 0 heterocycles. The second kappa shape index (κ2) is 5.02. The molecule has 0 aromatic carbocycles. The summed E-state index contributed by atoms with van der Waals surface area (Å²) in [6.45, 7) is 16.5. The number of rotatable bonds is 5. The van der Waals surface area contributed by atoms with Gasteiger partial charge in [0.1, 0.15) is 0 Å². The Morgan fingerprint density at radius 1 is 1.33 bits per heavy atom. The van der Waals surface area contributed by atoms with Crippen molar-refractivity contribution in [2.75, 3.05) is 0 Å². The lowest BCUT2D eigenvalue weighted by molar-refractivity contribution is 0.344. The molecule has 0 N–H and O–H groups in total. The molecule has 0 aliphatic carbocycles. The lowest BCUT2D eigenvalue weighted by atomic mass is 10.2. The van der Waals surface area contributed by atoms with Gasteiger partial charge in [-0.1, -0.05) is 26.5 Å². The summed E-state index contributed by atoms with van der Waals surface area (Å²) in [6, 6.07) is 0.474. The van der Waals surface area contributed by atoms with Crippen LogP contribution in [0.1, 0.15) is 40.5 Å². The largest absolute Gasteiger partial charge is 0.348 e. The van der Waals surface area contributed by atoms with Gasteiger partial charge in [-0.3, -0.25) is 0 Å². The fourth-order valence-corrected chi connectivity index (χ4v) is 1.48. The Bertz CT molecular complexity index is 168. The summed E-state index contributed by atoms with van der Waals surface area (Å²) in [5, 5.41) is 0. The molecular weight excluding hydrogens is 146 g/mol. The summed E-state index contributed by atoms with van der Waals surface area (Å²) >= 11 is 0. The normalized spacial score (nSPS) is 10.1. The van der Waals surface area contributed by atoms with E-state index in [9.17, 15) is 0 Å². The van der Waals surface area contributed by atoms with Crippen molar-refractivity contribution >= 4 is 0 Å². The third-order valence-electron chi connectivity index (χ3n) is 1.81. The molecule has 1 nitrogen and oxygen atoms in total. The van der Waals surface area contributed by atoms with Gasteiger partial charge >= 0.3 is 0 Å². The van der Waals surface area contributed by atoms with E-state index in [1.54, 1.807) is 0 Å². The van der Waals surface area contributed by atoms with Crippen LogP contribution >= 0.6 is 0 Å². The molecule has 0 radical (unpaired) electrons. The molecule has 0 aliphatic heterocycles. The quantitative estimate of drug-likeness (QED) is 0.605. The highest BCUT2D eigenvalue weighted by Crippen LogP contribution is 2.17. The van der Waals surface area contributed by atoms with Crippen molar-refractivity contribution in [1.29, 1.82) is 0 Å². The van der Waals surface area contributed by atoms with E-state index in [4.69, 9.17) is 0 Å². The van der Waals surface area contributed by atoms with Crippen molar-refractivity contribution < 1.29 is 0 Å². The summed E-state index contributed by atoms with van der Waals surface area (Å²) < 4.78 is 0. The smallest absolute Gasteiger partial charge is 0.0278 e. The van der Waals surface area contributed by atoms with Gasteiger partial charge in [0.15, 0.2) is 0 Å². The van der Waals surface area contributed by atoms with Crippen molar-refractivity contribution in [3.63, 3.8) is 0 Å². The van der Waals surface area contributed by atoms with Crippen molar-refractivity contribution in [3.05, 3.63) is 24.6 Å². The highest BCUT2D eigenvalue weighted by molar-refractivity contribution is 5.06. The molecule has 0 aliphatic rings. The first-order valence-electron chi connectivity index (χ1n) is 4.63. The van der Waals surface area contributed by atoms with Crippen molar-refractivity contribution in [3.8, 4) is 0 Å². The molecule has 0 amide bonds. The number of hydrogen-bond donors (Lipinski definition) is 0. The molecule has 0 fully saturated rings. The fraction of sp³-hybridized carbons (Fsp3) is 0.636. The number of allylic oxidation sites excluding steroid dienone is 2. The number of hydrogen-bond acceptors (Lipinski definition) is 1. The Hall–Kier alpha value is -0.720. The predicted molar refractivity (Wildman–Crippen MR) is 55.8 cm³/mol. The van der Waals surface area contributed by atoms with Crippen molar-refractivity contribution in [2.45, 2.75) is 46.6 Å². The van der Waals surface area contributed by atoms with E-state index in [1.165, 1.54) is 5.70 Å². The Kier molecular flexibility index (Phi) is 4.72. The zero-order valence-corrected chi connectivity index (χ0v) is 8.85. The molecular formula is C11H21N. The second-order valence-corrected chi connectivity index (χ2v) is 3.52. The van der Waals surface area contributed by atoms with Crippen LogP contribution in [0.15, 0.2) is 24.6 Å². The van der Waals surface area contributed by atoms with E-state index in [-0.39, 0.29) is 0 Å². The average Bonchev–Trinajstić information content (AvgIpc) is 1.85. The minimum Gasteiger partial charge on any atom is -0.348 e. The van der Waals surface area contributed by atoms with Gasteiger partial charge in [0.2, 0.25) is 0 Å². The van der Waals surface area contributed by atoms with Crippen LogP contribution in [0.4, 0.5) is 0 Å². The van der Waals surface area contributed by atoms with Crippen LogP contribution in [-0.2, 0) is 0 Å². The van der Waals surface area contributed by atoms with E-state index >= 15 is 0 Å². The molecule has 0 rings (SSSR count). The summed E-state index contributed by atoms with van der Waals surface area (Å²) in [7, 11) is 0. The minimum atomic E-state index is 0.474. The summed E-state index contributed by atoms with van der Waals surface area (Å²) in [6.07, 6.45) is 2.21. The van der Waals surface area contributed by atoms with Crippen LogP contribution < -0.4 is 0 Å². The van der Waals surface area contributed by atoms with E-state index in [0.717, 1.165) is 18.5 Å². The number of nitrogens with zero attached hydrogens (tertiary/aromatic N) is 1. The molecule has 0 bridgehead atoms. The van der Waals surface area contributed by atoms with E-state index in [1.807, 2.05) is 6.92 Å². The lowest BCUT2D eigenvalue weighted by Gasteiger charge is -2.30. The SMILES string of the molecule is C=C(C)N(C(=C)CCC)C(C)C. The third kappa shape index (κ3) is 3.12.